The molecule has 1 aliphatic carbocycles. The van der Waals surface area contributed by atoms with Gasteiger partial charge >= 0.3 is 5.97 Å². The summed E-state index contributed by atoms with van der Waals surface area (Å²) in [7, 11) is -1.98. The summed E-state index contributed by atoms with van der Waals surface area (Å²) in [6.07, 6.45) is 8.92. The minimum Gasteiger partial charge on any atom is -0.543 e. The SMILES string of the molecule is CCCCCc1cc2c(c(O[Si](C)(C)C(C)(C)C)c1)C1CCCC[C@H]1C(=O)O2. The normalized spacial score (nSPS) is 22.3. The van der Waals surface area contributed by atoms with E-state index >= 15 is 0 Å². The van der Waals surface area contributed by atoms with Gasteiger partial charge in [0.15, 0.2) is 0 Å². The minimum absolute atomic E-state index is 0.00829. The van der Waals surface area contributed by atoms with Gasteiger partial charge in [0.2, 0.25) is 8.32 Å². The Hall–Kier alpha value is -1.29. The first-order valence-electron chi connectivity index (χ1n) is 11.2. The number of fused-ring (bicyclic) bond motifs is 3. The lowest BCUT2D eigenvalue weighted by Gasteiger charge is -2.40. The van der Waals surface area contributed by atoms with Crippen LogP contribution >= 0.6 is 0 Å². The van der Waals surface area contributed by atoms with Gasteiger partial charge in [-0.25, -0.2) is 0 Å². The van der Waals surface area contributed by atoms with E-state index in [0.29, 0.717) is 0 Å². The van der Waals surface area contributed by atoms with Crippen molar-refractivity contribution in [3.8, 4) is 11.5 Å². The maximum Gasteiger partial charge on any atom is 0.314 e. The predicted octanol–water partition coefficient (Wildman–Crippen LogP) is 7.00. The van der Waals surface area contributed by atoms with E-state index in [-0.39, 0.29) is 22.8 Å². The van der Waals surface area contributed by atoms with Crippen molar-refractivity contribution in [1.29, 1.82) is 0 Å². The highest BCUT2D eigenvalue weighted by Gasteiger charge is 2.44. The molecule has 2 atom stereocenters. The molecule has 1 fully saturated rings. The van der Waals surface area contributed by atoms with Crippen molar-refractivity contribution in [1.82, 2.24) is 0 Å². The fourth-order valence-electron chi connectivity index (χ4n) is 4.28. The van der Waals surface area contributed by atoms with E-state index in [2.05, 4.69) is 52.9 Å². The van der Waals surface area contributed by atoms with Gasteiger partial charge in [-0.1, -0.05) is 53.4 Å². The average Bonchev–Trinajstić information content (AvgIpc) is 2.60. The second-order valence-electron chi connectivity index (χ2n) is 10.2. The topological polar surface area (TPSA) is 35.5 Å². The van der Waals surface area contributed by atoms with Crippen molar-refractivity contribution in [3.63, 3.8) is 0 Å². The van der Waals surface area contributed by atoms with Gasteiger partial charge in [-0.15, -0.1) is 0 Å². The van der Waals surface area contributed by atoms with Gasteiger partial charge in [0.05, 0.1) is 5.92 Å². The van der Waals surface area contributed by atoms with Crippen LogP contribution in [0.2, 0.25) is 18.1 Å². The van der Waals surface area contributed by atoms with E-state index in [1.54, 1.807) is 0 Å². The molecular weight excluding hydrogens is 364 g/mol. The number of benzene rings is 1. The molecule has 1 saturated carbocycles. The highest BCUT2D eigenvalue weighted by atomic mass is 28.4. The summed E-state index contributed by atoms with van der Waals surface area (Å²) in [6.45, 7) is 13.7. The maximum atomic E-state index is 12.7. The van der Waals surface area contributed by atoms with E-state index in [1.165, 1.54) is 30.4 Å². The van der Waals surface area contributed by atoms with Crippen molar-refractivity contribution in [2.45, 2.75) is 103 Å². The molecule has 2 aliphatic rings. The van der Waals surface area contributed by atoms with Crippen LogP contribution in [0.4, 0.5) is 0 Å². The van der Waals surface area contributed by atoms with Crippen LogP contribution in [0.25, 0.3) is 0 Å². The third kappa shape index (κ3) is 4.32. The van der Waals surface area contributed by atoms with E-state index < -0.39 is 8.32 Å². The van der Waals surface area contributed by atoms with Gasteiger partial charge in [0, 0.05) is 11.5 Å². The van der Waals surface area contributed by atoms with Gasteiger partial charge in [0.25, 0.3) is 0 Å². The number of esters is 1. The van der Waals surface area contributed by atoms with E-state index in [1.807, 2.05) is 0 Å². The molecule has 156 valence electrons. The lowest BCUT2D eigenvalue weighted by molar-refractivity contribution is -0.142. The monoisotopic (exact) mass is 402 g/mol. The Morgan fingerprint density at radius 3 is 2.43 bits per heavy atom. The molecule has 1 aliphatic heterocycles. The number of rotatable bonds is 6. The number of carbonyl (C=O) groups is 1. The average molecular weight is 403 g/mol. The molecule has 1 aromatic carbocycles. The Kier molecular flexibility index (Phi) is 6.28. The van der Waals surface area contributed by atoms with E-state index in [4.69, 9.17) is 9.16 Å². The Morgan fingerprint density at radius 2 is 1.79 bits per heavy atom. The molecule has 3 rings (SSSR count). The summed E-state index contributed by atoms with van der Waals surface area (Å²) in [5, 5.41) is 0.134. The van der Waals surface area contributed by atoms with Crippen LogP contribution in [-0.2, 0) is 11.2 Å². The fraction of sp³-hybridized carbons (Fsp3) is 0.708. The number of carbonyl (C=O) groups excluding carboxylic acids is 1. The zero-order valence-corrected chi connectivity index (χ0v) is 19.7. The zero-order chi connectivity index (χ0) is 20.5. The van der Waals surface area contributed by atoms with Gasteiger partial charge < -0.3 is 9.16 Å². The smallest absolute Gasteiger partial charge is 0.314 e. The standard InChI is InChI=1S/C24H38O3Si/c1-7-8-9-12-17-15-20-22(18-13-10-11-14-19(18)23(25)26-20)21(16-17)27-28(5,6)24(2,3)4/h15-16,18-19H,7-14H2,1-6H3/t18?,19-/m1/s1. The summed E-state index contributed by atoms with van der Waals surface area (Å²) >= 11 is 0. The number of hydrogen-bond donors (Lipinski definition) is 0. The molecule has 1 heterocycles. The maximum absolute atomic E-state index is 12.7. The molecule has 0 amide bonds. The summed E-state index contributed by atoms with van der Waals surface area (Å²) in [5.74, 6) is 2.01. The van der Waals surface area contributed by atoms with Crippen LogP contribution < -0.4 is 9.16 Å². The van der Waals surface area contributed by atoms with Crippen LogP contribution in [0, 0.1) is 5.92 Å². The fourth-order valence-corrected chi connectivity index (χ4v) is 5.31. The molecule has 0 radical (unpaired) electrons. The molecule has 4 heteroatoms. The number of aryl methyl sites for hydroxylation is 1. The predicted molar refractivity (Wildman–Crippen MR) is 118 cm³/mol. The van der Waals surface area contributed by atoms with Crippen LogP contribution in [0.15, 0.2) is 12.1 Å². The van der Waals surface area contributed by atoms with Gasteiger partial charge in [-0.3, -0.25) is 4.79 Å². The molecule has 0 saturated heterocycles. The second kappa shape index (κ2) is 8.21. The molecule has 3 nitrogen and oxygen atoms in total. The molecule has 1 aromatic rings. The largest absolute Gasteiger partial charge is 0.543 e. The summed E-state index contributed by atoms with van der Waals surface area (Å²) in [4.78, 5) is 12.7. The van der Waals surface area contributed by atoms with Gasteiger partial charge in [-0.2, -0.15) is 0 Å². The Balaban J connectivity index is 2.03. The highest BCUT2D eigenvalue weighted by Crippen LogP contribution is 2.51. The molecule has 1 unspecified atom stereocenters. The van der Waals surface area contributed by atoms with Crippen LogP contribution in [0.5, 0.6) is 11.5 Å². The second-order valence-corrected chi connectivity index (χ2v) is 15.0. The van der Waals surface area contributed by atoms with Crippen molar-refractivity contribution in [3.05, 3.63) is 23.3 Å². The minimum atomic E-state index is -1.98. The molecule has 28 heavy (non-hydrogen) atoms. The van der Waals surface area contributed by atoms with Crippen molar-refractivity contribution >= 4 is 14.3 Å². The van der Waals surface area contributed by atoms with Crippen molar-refractivity contribution in [2.75, 3.05) is 0 Å². The Morgan fingerprint density at radius 1 is 1.11 bits per heavy atom. The quantitative estimate of drug-likeness (QED) is 0.222. The molecular formula is C24H38O3Si. The lowest BCUT2D eigenvalue weighted by atomic mass is 9.73. The van der Waals surface area contributed by atoms with E-state index in [0.717, 1.165) is 43.6 Å². The first-order valence-corrected chi connectivity index (χ1v) is 14.1. The third-order valence-electron chi connectivity index (χ3n) is 7.05. The number of ether oxygens (including phenoxy) is 1. The van der Waals surface area contributed by atoms with Gasteiger partial charge in [-0.05, 0) is 61.5 Å². The van der Waals surface area contributed by atoms with Gasteiger partial charge in [0.1, 0.15) is 11.5 Å². The first-order chi connectivity index (χ1) is 13.1. The van der Waals surface area contributed by atoms with Crippen LogP contribution in [0.3, 0.4) is 0 Å². The lowest BCUT2D eigenvalue weighted by Crippen LogP contribution is -2.44. The summed E-state index contributed by atoms with van der Waals surface area (Å²) < 4.78 is 12.7. The summed E-state index contributed by atoms with van der Waals surface area (Å²) in [5.41, 5.74) is 2.41. The summed E-state index contributed by atoms with van der Waals surface area (Å²) in [6, 6.07) is 4.38. The van der Waals surface area contributed by atoms with Crippen molar-refractivity contribution < 1.29 is 14.0 Å². The number of hydrogen-bond acceptors (Lipinski definition) is 3. The molecule has 0 spiro atoms. The zero-order valence-electron chi connectivity index (χ0n) is 18.7. The highest BCUT2D eigenvalue weighted by molar-refractivity contribution is 6.74. The Bertz CT molecular complexity index is 717. The first kappa shape index (κ1) is 21.4. The molecule has 0 aromatic heterocycles. The van der Waals surface area contributed by atoms with Crippen molar-refractivity contribution in [2.24, 2.45) is 5.92 Å². The third-order valence-corrected chi connectivity index (χ3v) is 11.4. The van der Waals surface area contributed by atoms with E-state index in [9.17, 15) is 4.79 Å². The number of unbranched alkanes of at least 4 members (excludes halogenated alkanes) is 2. The molecule has 0 N–H and O–H groups in total. The van der Waals surface area contributed by atoms with Crippen LogP contribution in [0.1, 0.15) is 89.7 Å². The molecule has 0 bridgehead atoms. The van der Waals surface area contributed by atoms with Crippen LogP contribution in [-0.4, -0.2) is 14.3 Å². The Labute approximate surface area is 172 Å².